The number of nitrogens with one attached hydrogen (secondary N) is 4. The number of rotatable bonds is 38. The zero-order chi connectivity index (χ0) is 99.0. The largest absolute Gasteiger partial charge is 0.493 e. The highest BCUT2D eigenvalue weighted by Crippen LogP contribution is 2.39. The van der Waals surface area contributed by atoms with Crippen LogP contribution >= 0.6 is 0 Å². The molecule has 0 atom stereocenters. The van der Waals surface area contributed by atoms with Gasteiger partial charge in [0.15, 0.2) is 45.4 Å². The fraction of sp³-hybridized carbons (Fsp3) is 0.476. The quantitative estimate of drug-likeness (QED) is 0.0213. The number of hydrogen-bond acceptors (Lipinski definition) is 34. The highest BCUT2D eigenvalue weighted by Gasteiger charge is 2.43. The molecule has 137 heavy (non-hydrogen) atoms. The summed E-state index contributed by atoms with van der Waals surface area (Å²) in [7, 11) is -15.4. The van der Waals surface area contributed by atoms with Crippen molar-refractivity contribution in [2.75, 3.05) is 98.5 Å². The van der Waals surface area contributed by atoms with Gasteiger partial charge in [-0.05, 0) is 179 Å². The fourth-order valence-electron chi connectivity index (χ4n) is 16.0. The predicted octanol–water partition coefficient (Wildman–Crippen LogP) is 6.18. The lowest BCUT2D eigenvalue weighted by atomic mass is 10.0. The molecule has 12 heterocycles. The predicted molar refractivity (Wildman–Crippen MR) is 493 cm³/mol. The average molecular weight is 1980 g/mol. The van der Waals surface area contributed by atoms with Gasteiger partial charge < -0.3 is 59.1 Å². The lowest BCUT2D eigenvalue weighted by Gasteiger charge is -2.38. The Hall–Kier alpha value is -13.3. The van der Waals surface area contributed by atoms with Gasteiger partial charge in [0.25, 0.3) is 37.5 Å². The average Bonchev–Trinajstić information content (AvgIpc) is 1.48. The summed E-state index contributed by atoms with van der Waals surface area (Å²) in [6.45, 7) is 25.0. The summed E-state index contributed by atoms with van der Waals surface area (Å²) >= 11 is 0. The molecule has 0 saturated carbocycles. The second-order valence-corrected chi connectivity index (χ2v) is 40.3. The van der Waals surface area contributed by atoms with Crippen LogP contribution in [0.5, 0.6) is 23.0 Å². The zero-order valence-electron chi connectivity index (χ0n) is 77.1. The van der Waals surface area contributed by atoms with Crippen molar-refractivity contribution in [3.63, 3.8) is 0 Å². The van der Waals surface area contributed by atoms with Crippen molar-refractivity contribution in [3.8, 4) is 68.5 Å². The van der Waals surface area contributed by atoms with Crippen LogP contribution in [0.25, 0.3) is 67.6 Å². The maximum Gasteiger partial charge on any atom is 0.294 e. The molecule has 4 saturated heterocycles. The van der Waals surface area contributed by atoms with E-state index < -0.39 is 72.6 Å². The van der Waals surface area contributed by atoms with Gasteiger partial charge in [-0.3, -0.25) is 19.2 Å². The Labute approximate surface area is 783 Å². The first-order valence-electron chi connectivity index (χ1n) is 44.3. The van der Waals surface area contributed by atoms with Crippen LogP contribution in [0, 0.1) is 75.8 Å². The van der Waals surface area contributed by atoms with Crippen LogP contribution in [0.15, 0.2) is 112 Å². The number of sulfonamides is 4. The Morgan fingerprint density at radius 2 is 0.642 bits per heavy atom. The van der Waals surface area contributed by atoms with Gasteiger partial charge in [0.1, 0.15) is 59.0 Å². The number of H-pyrrole nitrogens is 4. The van der Waals surface area contributed by atoms with Gasteiger partial charge in [-0.1, -0.05) is 27.7 Å². The van der Waals surface area contributed by atoms with Crippen LogP contribution in [0.4, 0.5) is 0 Å². The minimum absolute atomic E-state index is 0.0112. The molecule has 0 unspecified atom stereocenters. The Kier molecular flexibility index (Phi) is 31.4. The molecule has 4 aliphatic rings. The van der Waals surface area contributed by atoms with Crippen molar-refractivity contribution < 1.29 is 82.4 Å². The van der Waals surface area contributed by atoms with Crippen LogP contribution in [-0.4, -0.2) is 249 Å². The van der Waals surface area contributed by atoms with Gasteiger partial charge in [0, 0.05) is 84.0 Å². The Balaban J connectivity index is 0.000000154. The normalized spacial score (nSPS) is 14.8. The molecule has 16 rings (SSSR count). The molecule has 736 valence electrons. The summed E-state index contributed by atoms with van der Waals surface area (Å²) in [4.78, 5) is 125. The second-order valence-electron chi connectivity index (χ2n) is 32.5. The first-order valence-corrected chi connectivity index (χ1v) is 50.1. The third-order valence-corrected chi connectivity index (χ3v) is 30.0. The van der Waals surface area contributed by atoms with E-state index in [2.05, 4.69) is 74.8 Å². The number of hydrogen-bond donors (Lipinski definition) is 5. The van der Waals surface area contributed by atoms with Crippen molar-refractivity contribution in [2.45, 2.75) is 167 Å². The monoisotopic (exact) mass is 1980 g/mol. The molecule has 0 bridgehead atoms. The van der Waals surface area contributed by atoms with E-state index in [9.17, 15) is 83.2 Å². The smallest absolute Gasteiger partial charge is 0.294 e. The van der Waals surface area contributed by atoms with Crippen LogP contribution in [0.3, 0.4) is 0 Å². The topological polar surface area (TPSA) is 622 Å². The van der Waals surface area contributed by atoms with Gasteiger partial charge in [-0.2, -0.15) is 17.2 Å². The standard InChI is InChI=1S/C22H28N6O7S.C21H26N6O7S.C21H28N6O4S.C20H24N6O7S/c1-4-6-19-23-14(3)20-22(29)24-21(25-27(19)20)17-11-16(7-8-18(17)34-5-2)36(32,33)26-12-15(13-26)9-10-35-28(30)31;1-4-6-18-22-13(3)19-21(28)23-20(24-26(18)19)16-9-15(7-8-17(16)33-5-2)35(31,32)25-10-14(11-25)12-34-27(29)30;1-4-6-18-23-13(3)19-21(28)24-20(25-27(18)19)16-9-15(7-8-17(16)31-5-2)32(29,30)26-11-14(10-22)12-26;1-4-6-17-21-12(3)18-20(27)22-19(23-25(17)18)15-9-14(7-8-16(15)32-5-2)34(30,31)24-10-13(11-24)33-26(28)29/h7-8,11,15H,4-6,9-10,12-13H2,1-3H3,(H,24,25,29);7-9,14H,4-6,10-12H2,1-3H3,(H,23,24,28);7-9,14H,4-6,10-12,22H2,1-3H3,(H,24,25,28);7-9,13H,4-6,10-11H2,1-3H3,(H,22,23,27). The second kappa shape index (κ2) is 42.5. The van der Waals surface area contributed by atoms with E-state index in [1.54, 1.807) is 65.1 Å². The van der Waals surface area contributed by atoms with Gasteiger partial charge in [-0.25, -0.2) is 71.7 Å². The van der Waals surface area contributed by atoms with Gasteiger partial charge in [0.2, 0.25) is 40.1 Å². The van der Waals surface area contributed by atoms with Crippen molar-refractivity contribution in [2.24, 2.45) is 23.5 Å². The summed E-state index contributed by atoms with van der Waals surface area (Å²) in [5.41, 5.74) is 9.11. The molecule has 0 aliphatic carbocycles. The number of nitrogens with zero attached hydrogens (tertiary/aromatic N) is 19. The molecule has 4 aromatic carbocycles. The fourth-order valence-corrected chi connectivity index (χ4v) is 22.3. The highest BCUT2D eigenvalue weighted by molar-refractivity contribution is 7.90. The van der Waals surface area contributed by atoms with Crippen molar-refractivity contribution >= 4 is 62.2 Å². The summed E-state index contributed by atoms with van der Waals surface area (Å²) in [6.07, 6.45) is 5.37. The summed E-state index contributed by atoms with van der Waals surface area (Å²) < 4.78 is 139. The number of aryl methyl sites for hydroxylation is 8. The lowest BCUT2D eigenvalue weighted by molar-refractivity contribution is -0.771. The minimum atomic E-state index is -3.96. The van der Waals surface area contributed by atoms with E-state index in [1.165, 1.54) is 87.1 Å². The summed E-state index contributed by atoms with van der Waals surface area (Å²) in [5.74, 6) is 4.68. The number of imidazole rings is 4. The van der Waals surface area contributed by atoms with Gasteiger partial charge >= 0.3 is 0 Å². The number of ether oxygens (including phenoxy) is 4. The Morgan fingerprint density at radius 1 is 0.380 bits per heavy atom. The highest BCUT2D eigenvalue weighted by atomic mass is 32.2. The van der Waals surface area contributed by atoms with Crippen LogP contribution in [-0.2, 0) is 80.3 Å². The van der Waals surface area contributed by atoms with Crippen molar-refractivity contribution in [1.82, 2.24) is 95.5 Å². The molecular formula is C84H106N24O25S4. The Bertz CT molecular complexity index is 7300. The molecular weight excluding hydrogens is 1870 g/mol. The molecule has 4 fully saturated rings. The van der Waals surface area contributed by atoms with E-state index in [0.717, 1.165) is 30.0 Å². The minimum Gasteiger partial charge on any atom is -0.493 e. The number of aromatic nitrogens is 16. The number of aromatic amines is 4. The van der Waals surface area contributed by atoms with Crippen molar-refractivity contribution in [1.29, 1.82) is 0 Å². The third kappa shape index (κ3) is 21.6. The molecule has 6 N–H and O–H groups in total. The molecule has 8 aromatic heterocycles. The maximum atomic E-state index is 13.3. The maximum absolute atomic E-state index is 13.3. The third-order valence-electron chi connectivity index (χ3n) is 22.7. The zero-order valence-corrected chi connectivity index (χ0v) is 80.4. The lowest BCUT2D eigenvalue weighted by Crippen LogP contribution is -2.55. The molecule has 0 amide bonds. The summed E-state index contributed by atoms with van der Waals surface area (Å²) in [6, 6.07) is 17.7. The van der Waals surface area contributed by atoms with E-state index in [0.29, 0.717) is 186 Å². The van der Waals surface area contributed by atoms with Crippen LogP contribution < -0.4 is 46.9 Å². The molecule has 0 spiro atoms. The molecule has 0 radical (unpaired) electrons. The van der Waals surface area contributed by atoms with Crippen LogP contribution in [0.1, 0.15) is 134 Å². The first kappa shape index (κ1) is 101. The molecule has 49 nitrogen and oxygen atoms in total. The molecule has 53 heteroatoms. The first-order chi connectivity index (χ1) is 65.2. The van der Waals surface area contributed by atoms with E-state index in [-0.39, 0.29) is 130 Å². The SMILES string of the molecule is CCCc1nc(C)c2c(=O)[nH]c(-c3cc(S(=O)(=O)N4CC(CCO[N+](=O)[O-])C4)ccc3OCC)nn12.CCCc1nc(C)c2c(=O)[nH]c(-c3cc(S(=O)(=O)N4CC(CN)C4)ccc3OCC)nn12.CCCc1nc(C)c2c(=O)[nH]c(-c3cc(S(=O)(=O)N4CC(CO[N+](=O)[O-])C4)ccc3OCC)nn12.CCCc1nc(C)c2c(=O)[nH]c(-c3cc(S(=O)(=O)N4CC(O[N+](=O)[O-])C4)ccc3OCC)nn12. The number of nitrogens with two attached hydrogens (primary N) is 1. The summed E-state index contributed by atoms with van der Waals surface area (Å²) in [5, 5.41) is 46.8. The van der Waals surface area contributed by atoms with E-state index in [1.807, 2.05) is 34.6 Å². The number of benzene rings is 4. The molecule has 4 aliphatic heterocycles. The van der Waals surface area contributed by atoms with E-state index in [4.69, 9.17) is 24.7 Å². The number of fused-ring (bicyclic) bond motifs is 4. The molecule has 12 aromatic rings. The Morgan fingerprint density at radius 3 is 0.891 bits per heavy atom. The van der Waals surface area contributed by atoms with Crippen molar-refractivity contribution in [3.05, 3.63) is 191 Å². The van der Waals surface area contributed by atoms with Gasteiger partial charge in [0.05, 0.1) is 97.6 Å². The van der Waals surface area contributed by atoms with Crippen LogP contribution in [0.2, 0.25) is 0 Å². The van der Waals surface area contributed by atoms with Gasteiger partial charge in [-0.15, -0.1) is 50.7 Å². The van der Waals surface area contributed by atoms with E-state index >= 15 is 0 Å².